The molecule has 0 unspecified atom stereocenters. The number of nitrogens with zero attached hydrogens (tertiary/aromatic N) is 3. The highest BCUT2D eigenvalue weighted by Gasteiger charge is 2.19. The lowest BCUT2D eigenvalue weighted by Gasteiger charge is -2.08. The van der Waals surface area contributed by atoms with Crippen molar-refractivity contribution in [1.29, 1.82) is 0 Å². The van der Waals surface area contributed by atoms with E-state index in [-0.39, 0.29) is 11.7 Å². The van der Waals surface area contributed by atoms with E-state index in [2.05, 4.69) is 15.5 Å². The Balaban J connectivity index is 1.70. The molecule has 0 radical (unpaired) electrons. The van der Waals surface area contributed by atoms with Gasteiger partial charge < -0.3 is 19.4 Å². The average molecular weight is 447 g/mol. The maximum atomic E-state index is 12.5. The minimum atomic E-state index is -0.469. The van der Waals surface area contributed by atoms with Gasteiger partial charge in [0, 0.05) is 11.9 Å². The zero-order valence-corrected chi connectivity index (χ0v) is 18.7. The van der Waals surface area contributed by atoms with E-state index in [1.54, 1.807) is 13.2 Å². The zero-order chi connectivity index (χ0) is 21.7. The number of methoxy groups -OCH3 is 2. The van der Waals surface area contributed by atoms with Gasteiger partial charge in [0.05, 0.1) is 31.1 Å². The molecule has 2 aromatic heterocycles. The number of thiophene rings is 1. The molecule has 0 saturated heterocycles. The van der Waals surface area contributed by atoms with Gasteiger partial charge in [-0.3, -0.25) is 4.79 Å². The number of benzene rings is 1. The smallest absolute Gasteiger partial charge is 0.340 e. The third-order valence-electron chi connectivity index (χ3n) is 4.30. The van der Waals surface area contributed by atoms with Crippen molar-refractivity contribution in [3.05, 3.63) is 40.8 Å². The lowest BCUT2D eigenvalue weighted by atomic mass is 10.2. The number of hydrogen-bond acceptors (Lipinski definition) is 8. The van der Waals surface area contributed by atoms with E-state index >= 15 is 0 Å². The lowest BCUT2D eigenvalue weighted by Crippen LogP contribution is -2.16. The molecule has 0 fully saturated rings. The Morgan fingerprint density at radius 3 is 2.70 bits per heavy atom. The Morgan fingerprint density at radius 2 is 2.00 bits per heavy atom. The van der Waals surface area contributed by atoms with Gasteiger partial charge in [-0.25, -0.2) is 4.79 Å². The first-order chi connectivity index (χ1) is 14.5. The highest BCUT2D eigenvalue weighted by atomic mass is 32.2. The molecule has 0 bridgehead atoms. The minimum absolute atomic E-state index is 0.123. The van der Waals surface area contributed by atoms with Crippen molar-refractivity contribution in [1.82, 2.24) is 14.8 Å². The number of ether oxygens (including phenoxy) is 2. The second kappa shape index (κ2) is 9.77. The highest BCUT2D eigenvalue weighted by molar-refractivity contribution is 7.99. The van der Waals surface area contributed by atoms with Gasteiger partial charge in [0.2, 0.25) is 5.91 Å². The molecule has 0 saturated carbocycles. The van der Waals surface area contributed by atoms with Gasteiger partial charge in [-0.05, 0) is 24.6 Å². The molecule has 0 atom stereocenters. The van der Waals surface area contributed by atoms with Crippen LogP contribution in [0.4, 0.5) is 5.00 Å². The van der Waals surface area contributed by atoms with Gasteiger partial charge in [-0.15, -0.1) is 21.5 Å². The topological polar surface area (TPSA) is 95.3 Å². The summed E-state index contributed by atoms with van der Waals surface area (Å²) in [6, 6.07) is 9.30. The maximum absolute atomic E-state index is 12.5. The largest absolute Gasteiger partial charge is 0.496 e. The molecule has 0 aliphatic carbocycles. The number of carbonyl (C=O) groups is 2. The monoisotopic (exact) mass is 446 g/mol. The number of aryl methyl sites for hydroxylation is 1. The first-order valence-corrected chi connectivity index (χ1v) is 10.9. The first-order valence-electron chi connectivity index (χ1n) is 9.14. The van der Waals surface area contributed by atoms with Crippen LogP contribution in [0, 0.1) is 0 Å². The van der Waals surface area contributed by atoms with Gasteiger partial charge in [0.15, 0.2) is 11.0 Å². The van der Waals surface area contributed by atoms with E-state index in [1.165, 1.54) is 30.2 Å². The number of hydrogen-bond donors (Lipinski definition) is 1. The Hall–Kier alpha value is -2.85. The molecule has 3 aromatic rings. The number of esters is 1. The van der Waals surface area contributed by atoms with E-state index in [4.69, 9.17) is 9.47 Å². The SMILES string of the molecule is CCc1cc(C(=O)OC)c(NC(=O)CSc2nnc(-c3ccccc3OC)n2C)s1. The summed E-state index contributed by atoms with van der Waals surface area (Å²) in [5, 5.41) is 12.3. The molecule has 0 aliphatic rings. The summed E-state index contributed by atoms with van der Waals surface area (Å²) in [7, 11) is 4.76. The number of nitrogens with one attached hydrogen (secondary N) is 1. The number of aromatic nitrogens is 3. The summed E-state index contributed by atoms with van der Waals surface area (Å²) in [4.78, 5) is 25.4. The fraction of sp³-hybridized carbons (Fsp3) is 0.300. The summed E-state index contributed by atoms with van der Waals surface area (Å²) in [6.45, 7) is 1.99. The van der Waals surface area contributed by atoms with Crippen molar-refractivity contribution >= 4 is 40.0 Å². The summed E-state index contributed by atoms with van der Waals surface area (Å²) < 4.78 is 12.0. The Kier molecular flexibility index (Phi) is 7.11. The Labute approximate surface area is 182 Å². The van der Waals surface area contributed by atoms with Crippen LogP contribution < -0.4 is 10.1 Å². The third kappa shape index (κ3) is 4.65. The van der Waals surface area contributed by atoms with Crippen LogP contribution in [0.15, 0.2) is 35.5 Å². The molecular weight excluding hydrogens is 424 g/mol. The molecule has 0 aliphatic heterocycles. The minimum Gasteiger partial charge on any atom is -0.496 e. The molecule has 158 valence electrons. The molecule has 1 aromatic carbocycles. The number of carbonyl (C=O) groups excluding carboxylic acids is 2. The van der Waals surface area contributed by atoms with Crippen molar-refractivity contribution in [3.63, 3.8) is 0 Å². The lowest BCUT2D eigenvalue weighted by molar-refractivity contribution is -0.113. The van der Waals surface area contributed by atoms with E-state index in [0.717, 1.165) is 16.9 Å². The van der Waals surface area contributed by atoms with E-state index in [9.17, 15) is 9.59 Å². The van der Waals surface area contributed by atoms with Crippen molar-refractivity contribution < 1.29 is 19.1 Å². The standard InChI is InChI=1S/C20H22N4O4S2/c1-5-12-10-14(19(26)28-4)18(30-12)21-16(25)11-29-20-23-22-17(24(20)2)13-8-6-7-9-15(13)27-3/h6-10H,5,11H2,1-4H3,(H,21,25). The number of rotatable bonds is 8. The zero-order valence-electron chi connectivity index (χ0n) is 17.1. The molecule has 30 heavy (non-hydrogen) atoms. The normalized spacial score (nSPS) is 10.7. The van der Waals surface area contributed by atoms with Crippen LogP contribution in [0.3, 0.4) is 0 Å². The Bertz CT molecular complexity index is 1060. The summed E-state index contributed by atoms with van der Waals surface area (Å²) in [5.74, 6) is 0.758. The maximum Gasteiger partial charge on any atom is 0.340 e. The predicted molar refractivity (Wildman–Crippen MR) is 117 cm³/mol. The van der Waals surface area contributed by atoms with Gasteiger partial charge in [-0.2, -0.15) is 0 Å². The highest BCUT2D eigenvalue weighted by Crippen LogP contribution is 2.31. The van der Waals surface area contributed by atoms with Crippen LogP contribution in [-0.4, -0.2) is 46.6 Å². The number of para-hydroxylation sites is 1. The van der Waals surface area contributed by atoms with Crippen LogP contribution in [0.2, 0.25) is 0 Å². The molecule has 2 heterocycles. The molecule has 1 amide bonds. The van der Waals surface area contributed by atoms with E-state index in [1.807, 2.05) is 42.8 Å². The molecular formula is C20H22N4O4S2. The fourth-order valence-corrected chi connectivity index (χ4v) is 4.48. The van der Waals surface area contributed by atoms with Crippen LogP contribution in [-0.2, 0) is 23.0 Å². The predicted octanol–water partition coefficient (Wildman–Crippen LogP) is 3.63. The van der Waals surface area contributed by atoms with Crippen LogP contribution >= 0.6 is 23.1 Å². The summed E-state index contributed by atoms with van der Waals surface area (Å²) in [6.07, 6.45) is 0.768. The van der Waals surface area contributed by atoms with Crippen molar-refractivity contribution in [2.24, 2.45) is 7.05 Å². The van der Waals surface area contributed by atoms with Crippen molar-refractivity contribution in [2.75, 3.05) is 25.3 Å². The van der Waals surface area contributed by atoms with E-state index in [0.29, 0.717) is 27.3 Å². The Morgan fingerprint density at radius 1 is 1.23 bits per heavy atom. The van der Waals surface area contributed by atoms with Gasteiger partial charge >= 0.3 is 5.97 Å². The second-order valence-electron chi connectivity index (χ2n) is 6.20. The summed E-state index contributed by atoms with van der Waals surface area (Å²) >= 11 is 2.63. The van der Waals surface area contributed by atoms with Gasteiger partial charge in [0.25, 0.3) is 0 Å². The number of thioether (sulfide) groups is 1. The van der Waals surface area contributed by atoms with Crippen molar-refractivity contribution in [2.45, 2.75) is 18.5 Å². The number of amides is 1. The van der Waals surface area contributed by atoms with Crippen LogP contribution in [0.5, 0.6) is 5.75 Å². The fourth-order valence-electron chi connectivity index (χ4n) is 2.77. The molecule has 8 nitrogen and oxygen atoms in total. The third-order valence-corrected chi connectivity index (χ3v) is 6.52. The molecule has 3 rings (SSSR count). The molecule has 1 N–H and O–H groups in total. The average Bonchev–Trinajstić information content (AvgIpc) is 3.34. The van der Waals surface area contributed by atoms with Crippen LogP contribution in [0.1, 0.15) is 22.2 Å². The van der Waals surface area contributed by atoms with Gasteiger partial charge in [0.1, 0.15) is 10.8 Å². The quantitative estimate of drug-likeness (QED) is 0.417. The van der Waals surface area contributed by atoms with Gasteiger partial charge in [-0.1, -0.05) is 30.8 Å². The molecule has 0 spiro atoms. The number of anilines is 1. The van der Waals surface area contributed by atoms with Crippen molar-refractivity contribution in [3.8, 4) is 17.1 Å². The first kappa shape index (κ1) is 21.8. The van der Waals surface area contributed by atoms with Crippen LogP contribution in [0.25, 0.3) is 11.4 Å². The summed E-state index contributed by atoms with van der Waals surface area (Å²) in [5.41, 5.74) is 1.19. The van der Waals surface area contributed by atoms with E-state index < -0.39 is 5.97 Å². The molecule has 10 heteroatoms. The second-order valence-corrected chi connectivity index (χ2v) is 8.28.